The molecule has 0 saturated carbocycles. The minimum atomic E-state index is -3.68. The van der Waals surface area contributed by atoms with Crippen molar-refractivity contribution >= 4 is 15.9 Å². The highest BCUT2D eigenvalue weighted by atomic mass is 32.2. The van der Waals surface area contributed by atoms with Crippen LogP contribution in [0.25, 0.3) is 0 Å². The fourth-order valence-corrected chi connectivity index (χ4v) is 3.23. The molecular weight excluding hydrogens is 250 g/mol. The summed E-state index contributed by atoms with van der Waals surface area (Å²) in [7, 11) is -3.68. The van der Waals surface area contributed by atoms with Gasteiger partial charge in [-0.1, -0.05) is 25.1 Å². The van der Waals surface area contributed by atoms with Crippen LogP contribution in [0.4, 0.5) is 0 Å². The Morgan fingerprint density at radius 1 is 1.44 bits per heavy atom. The predicted octanol–water partition coefficient (Wildman–Crippen LogP) is 1.38. The van der Waals surface area contributed by atoms with Gasteiger partial charge >= 0.3 is 0 Å². The van der Waals surface area contributed by atoms with Crippen LogP contribution in [0.15, 0.2) is 29.2 Å². The molecule has 1 unspecified atom stereocenters. The van der Waals surface area contributed by atoms with Crippen LogP contribution in [0.2, 0.25) is 0 Å². The van der Waals surface area contributed by atoms with E-state index in [4.69, 9.17) is 11.1 Å². The molecule has 1 rings (SSSR count). The number of hydrogen-bond donors (Lipinski definition) is 3. The van der Waals surface area contributed by atoms with Crippen LogP contribution >= 0.6 is 0 Å². The first-order chi connectivity index (χ1) is 8.23. The second kappa shape index (κ2) is 5.07. The maximum Gasteiger partial charge on any atom is 0.241 e. The molecule has 0 bridgehead atoms. The summed E-state index contributed by atoms with van der Waals surface area (Å²) in [6, 6.07) is 6.70. The second-order valence-electron chi connectivity index (χ2n) is 4.47. The molecule has 6 heteroatoms. The molecule has 5 nitrogen and oxygen atoms in total. The van der Waals surface area contributed by atoms with E-state index in [9.17, 15) is 8.42 Å². The first-order valence-electron chi connectivity index (χ1n) is 5.67. The SMILES string of the molecule is CCC(C)(NS(=O)(=O)c1ccccc1C)C(=N)N. The Kier molecular flexibility index (Phi) is 4.13. The Morgan fingerprint density at radius 3 is 2.44 bits per heavy atom. The Labute approximate surface area is 108 Å². The number of hydrogen-bond acceptors (Lipinski definition) is 3. The molecule has 1 atom stereocenters. The lowest BCUT2D eigenvalue weighted by atomic mass is 10.00. The average molecular weight is 269 g/mol. The highest BCUT2D eigenvalue weighted by Gasteiger charge is 2.32. The molecule has 18 heavy (non-hydrogen) atoms. The van der Waals surface area contributed by atoms with Gasteiger partial charge in [-0.3, -0.25) is 5.41 Å². The predicted molar refractivity (Wildman–Crippen MR) is 72.1 cm³/mol. The van der Waals surface area contributed by atoms with Crippen molar-refractivity contribution in [2.45, 2.75) is 37.6 Å². The van der Waals surface area contributed by atoms with Crippen LogP contribution < -0.4 is 10.5 Å². The van der Waals surface area contributed by atoms with E-state index < -0.39 is 15.6 Å². The van der Waals surface area contributed by atoms with E-state index in [0.717, 1.165) is 0 Å². The molecule has 1 aromatic carbocycles. The highest BCUT2D eigenvalue weighted by Crippen LogP contribution is 2.18. The molecule has 0 aliphatic rings. The lowest BCUT2D eigenvalue weighted by molar-refractivity contribution is 0.505. The largest absolute Gasteiger partial charge is 0.386 e. The lowest BCUT2D eigenvalue weighted by Gasteiger charge is -2.28. The molecule has 0 radical (unpaired) electrons. The molecule has 0 saturated heterocycles. The monoisotopic (exact) mass is 269 g/mol. The topological polar surface area (TPSA) is 96.0 Å². The van der Waals surface area contributed by atoms with Crippen LogP contribution in [-0.2, 0) is 10.0 Å². The Bertz CT molecular complexity index is 554. The molecule has 100 valence electrons. The van der Waals surface area contributed by atoms with Gasteiger partial charge in [0.1, 0.15) is 5.84 Å². The van der Waals surface area contributed by atoms with Gasteiger partial charge in [-0.05, 0) is 31.9 Å². The van der Waals surface area contributed by atoms with Gasteiger partial charge in [-0.25, -0.2) is 8.42 Å². The molecule has 0 spiro atoms. The fourth-order valence-electron chi connectivity index (χ4n) is 1.53. The van der Waals surface area contributed by atoms with E-state index in [-0.39, 0.29) is 10.7 Å². The smallest absolute Gasteiger partial charge is 0.241 e. The standard InChI is InChI=1S/C12H19N3O2S/c1-4-12(3,11(13)14)15-18(16,17)10-8-6-5-7-9(10)2/h5-8,15H,4H2,1-3H3,(H3,13,14). The number of sulfonamides is 1. The van der Waals surface area contributed by atoms with Crippen LogP contribution in [0.3, 0.4) is 0 Å². The normalized spacial score (nSPS) is 15.1. The van der Waals surface area contributed by atoms with Crippen molar-refractivity contribution in [3.8, 4) is 0 Å². The third-order valence-corrected chi connectivity index (χ3v) is 4.80. The van der Waals surface area contributed by atoms with Gasteiger partial charge in [0.05, 0.1) is 10.4 Å². The number of aryl methyl sites for hydroxylation is 1. The lowest BCUT2D eigenvalue weighted by Crippen LogP contribution is -2.54. The first kappa shape index (κ1) is 14.7. The van der Waals surface area contributed by atoms with E-state index in [1.165, 1.54) is 6.07 Å². The minimum Gasteiger partial charge on any atom is -0.386 e. The molecule has 0 heterocycles. The molecule has 0 amide bonds. The second-order valence-corrected chi connectivity index (χ2v) is 6.12. The minimum absolute atomic E-state index is 0.192. The number of rotatable bonds is 5. The molecular formula is C12H19N3O2S. The summed E-state index contributed by atoms with van der Waals surface area (Å²) >= 11 is 0. The quantitative estimate of drug-likeness (QED) is 0.556. The van der Waals surface area contributed by atoms with E-state index in [2.05, 4.69) is 4.72 Å². The summed E-state index contributed by atoms with van der Waals surface area (Å²) in [5.74, 6) is -0.192. The highest BCUT2D eigenvalue weighted by molar-refractivity contribution is 7.89. The van der Waals surface area contributed by atoms with Crippen molar-refractivity contribution in [2.75, 3.05) is 0 Å². The van der Waals surface area contributed by atoms with Crippen LogP contribution in [-0.4, -0.2) is 19.8 Å². The Morgan fingerprint density at radius 2 is 2.00 bits per heavy atom. The zero-order valence-electron chi connectivity index (χ0n) is 10.8. The molecule has 0 aromatic heterocycles. The summed E-state index contributed by atoms with van der Waals surface area (Å²) in [5.41, 5.74) is 5.07. The summed E-state index contributed by atoms with van der Waals surface area (Å²) in [6.07, 6.45) is 0.410. The van der Waals surface area contributed by atoms with Crippen molar-refractivity contribution < 1.29 is 8.42 Å². The van der Waals surface area contributed by atoms with Crippen LogP contribution in [0.1, 0.15) is 25.8 Å². The average Bonchev–Trinajstić information content (AvgIpc) is 2.28. The van der Waals surface area contributed by atoms with Gasteiger partial charge in [0.2, 0.25) is 10.0 Å². The van der Waals surface area contributed by atoms with Crippen molar-refractivity contribution in [3.05, 3.63) is 29.8 Å². The van der Waals surface area contributed by atoms with Crippen LogP contribution in [0, 0.1) is 12.3 Å². The molecule has 0 aliphatic heterocycles. The Hall–Kier alpha value is -1.40. The van der Waals surface area contributed by atoms with E-state index in [1.54, 1.807) is 39.0 Å². The fraction of sp³-hybridized carbons (Fsp3) is 0.417. The maximum absolute atomic E-state index is 12.3. The van der Waals surface area contributed by atoms with Gasteiger partial charge in [-0.2, -0.15) is 4.72 Å². The van der Waals surface area contributed by atoms with Gasteiger partial charge in [0.15, 0.2) is 0 Å². The zero-order chi connectivity index (χ0) is 14.0. The van der Waals surface area contributed by atoms with Crippen molar-refractivity contribution in [2.24, 2.45) is 5.73 Å². The number of benzene rings is 1. The van der Waals surface area contributed by atoms with E-state index in [1.807, 2.05) is 0 Å². The Balaban J connectivity index is 3.18. The van der Waals surface area contributed by atoms with Crippen molar-refractivity contribution in [1.29, 1.82) is 5.41 Å². The van der Waals surface area contributed by atoms with Crippen molar-refractivity contribution in [1.82, 2.24) is 4.72 Å². The number of nitrogens with two attached hydrogens (primary N) is 1. The van der Waals surface area contributed by atoms with Gasteiger partial charge in [0.25, 0.3) is 0 Å². The summed E-state index contributed by atoms with van der Waals surface area (Å²) in [6.45, 7) is 5.11. The molecule has 1 aromatic rings. The van der Waals surface area contributed by atoms with Gasteiger partial charge in [0, 0.05) is 0 Å². The van der Waals surface area contributed by atoms with Crippen LogP contribution in [0.5, 0.6) is 0 Å². The summed E-state index contributed by atoms with van der Waals surface area (Å²) in [5, 5.41) is 7.50. The number of amidine groups is 1. The summed E-state index contributed by atoms with van der Waals surface area (Å²) in [4.78, 5) is 0.214. The van der Waals surface area contributed by atoms with Crippen molar-refractivity contribution in [3.63, 3.8) is 0 Å². The number of nitrogens with one attached hydrogen (secondary N) is 2. The van der Waals surface area contributed by atoms with Gasteiger partial charge < -0.3 is 5.73 Å². The third kappa shape index (κ3) is 2.88. The van der Waals surface area contributed by atoms with E-state index in [0.29, 0.717) is 12.0 Å². The third-order valence-electron chi connectivity index (χ3n) is 3.04. The first-order valence-corrected chi connectivity index (χ1v) is 7.15. The van der Waals surface area contributed by atoms with Gasteiger partial charge in [-0.15, -0.1) is 0 Å². The summed E-state index contributed by atoms with van der Waals surface area (Å²) < 4.78 is 27.0. The van der Waals surface area contributed by atoms with E-state index >= 15 is 0 Å². The molecule has 0 fully saturated rings. The molecule has 0 aliphatic carbocycles. The maximum atomic E-state index is 12.3. The zero-order valence-corrected chi connectivity index (χ0v) is 11.6. The molecule has 4 N–H and O–H groups in total.